The first-order valence-corrected chi connectivity index (χ1v) is 7.10. The van der Waals surface area contributed by atoms with Gasteiger partial charge in [0.2, 0.25) is 0 Å². The summed E-state index contributed by atoms with van der Waals surface area (Å²) in [5.74, 6) is 0.834. The largest absolute Gasteiger partial charge is 0.310 e. The van der Waals surface area contributed by atoms with E-state index in [0.29, 0.717) is 6.04 Å². The first-order chi connectivity index (χ1) is 8.35. The van der Waals surface area contributed by atoms with Gasteiger partial charge in [0.1, 0.15) is 0 Å². The van der Waals surface area contributed by atoms with E-state index in [4.69, 9.17) is 0 Å². The van der Waals surface area contributed by atoms with Gasteiger partial charge in [-0.15, -0.1) is 0 Å². The van der Waals surface area contributed by atoms with Gasteiger partial charge >= 0.3 is 0 Å². The van der Waals surface area contributed by atoms with E-state index in [9.17, 15) is 0 Å². The molecule has 0 amide bonds. The zero-order valence-electron chi connectivity index (χ0n) is 11.2. The highest BCUT2D eigenvalue weighted by atomic mass is 15.3. The summed E-state index contributed by atoms with van der Waals surface area (Å²) in [6.07, 6.45) is 10.8. The van der Waals surface area contributed by atoms with Crippen molar-refractivity contribution in [1.82, 2.24) is 15.1 Å². The fraction of sp³-hybridized carbons (Fsp3) is 0.786. The van der Waals surface area contributed by atoms with Crippen LogP contribution < -0.4 is 5.32 Å². The number of aromatic nitrogens is 2. The van der Waals surface area contributed by atoms with E-state index in [1.54, 1.807) is 0 Å². The zero-order chi connectivity index (χ0) is 12.1. The summed E-state index contributed by atoms with van der Waals surface area (Å²) in [6.45, 7) is 6.57. The standard InChI is InChI=1S/C14H25N3/c1-3-8-15-14(12-6-5-7-12)13-10-16-17(11-13)9-4-2/h10-12,14-15H,3-9H2,1-2H3. The molecule has 3 nitrogen and oxygen atoms in total. The molecule has 17 heavy (non-hydrogen) atoms. The minimum absolute atomic E-state index is 0.536. The van der Waals surface area contributed by atoms with Crippen LogP contribution in [0.15, 0.2) is 12.4 Å². The summed E-state index contributed by atoms with van der Waals surface area (Å²) in [4.78, 5) is 0. The summed E-state index contributed by atoms with van der Waals surface area (Å²) in [5.41, 5.74) is 1.39. The minimum atomic E-state index is 0.536. The Bertz CT molecular complexity index is 328. The molecule has 0 aromatic carbocycles. The molecule has 0 radical (unpaired) electrons. The van der Waals surface area contributed by atoms with Gasteiger partial charge in [0, 0.05) is 24.3 Å². The Hall–Kier alpha value is -0.830. The van der Waals surface area contributed by atoms with Gasteiger partial charge < -0.3 is 5.32 Å². The molecule has 1 aromatic heterocycles. The SMILES string of the molecule is CCCNC(c1cnn(CCC)c1)C1CCC1. The maximum absolute atomic E-state index is 4.45. The predicted molar refractivity (Wildman–Crippen MR) is 70.9 cm³/mol. The van der Waals surface area contributed by atoms with Crippen molar-refractivity contribution in [2.45, 2.75) is 58.5 Å². The van der Waals surface area contributed by atoms with Crippen molar-refractivity contribution < 1.29 is 0 Å². The van der Waals surface area contributed by atoms with Crippen LogP contribution >= 0.6 is 0 Å². The Morgan fingerprint density at radius 2 is 2.24 bits per heavy atom. The van der Waals surface area contributed by atoms with Crippen molar-refractivity contribution in [2.75, 3.05) is 6.54 Å². The second kappa shape index (κ2) is 6.20. The molecule has 1 saturated carbocycles. The van der Waals surface area contributed by atoms with Gasteiger partial charge in [0.05, 0.1) is 6.20 Å². The Balaban J connectivity index is 2.01. The van der Waals surface area contributed by atoms with Gasteiger partial charge in [-0.05, 0) is 38.1 Å². The molecule has 1 fully saturated rings. The highest BCUT2D eigenvalue weighted by Crippen LogP contribution is 2.37. The lowest BCUT2D eigenvalue weighted by molar-refractivity contribution is 0.231. The normalized spacial score (nSPS) is 18.0. The van der Waals surface area contributed by atoms with E-state index in [-0.39, 0.29) is 0 Å². The maximum atomic E-state index is 4.45. The van der Waals surface area contributed by atoms with Crippen molar-refractivity contribution in [2.24, 2.45) is 5.92 Å². The van der Waals surface area contributed by atoms with Crippen LogP contribution in [-0.4, -0.2) is 16.3 Å². The fourth-order valence-electron chi connectivity index (χ4n) is 2.52. The van der Waals surface area contributed by atoms with Gasteiger partial charge in [0.25, 0.3) is 0 Å². The van der Waals surface area contributed by atoms with Crippen molar-refractivity contribution in [3.63, 3.8) is 0 Å². The summed E-state index contributed by atoms with van der Waals surface area (Å²) < 4.78 is 2.08. The molecule has 1 unspecified atom stereocenters. The minimum Gasteiger partial charge on any atom is -0.310 e. The van der Waals surface area contributed by atoms with Crippen LogP contribution in [0.4, 0.5) is 0 Å². The maximum Gasteiger partial charge on any atom is 0.0537 e. The Morgan fingerprint density at radius 1 is 1.41 bits per heavy atom. The van der Waals surface area contributed by atoms with Gasteiger partial charge in [-0.25, -0.2) is 0 Å². The van der Waals surface area contributed by atoms with E-state index >= 15 is 0 Å². The molecule has 3 heteroatoms. The molecule has 0 spiro atoms. The summed E-state index contributed by atoms with van der Waals surface area (Å²) in [5, 5.41) is 8.14. The molecular weight excluding hydrogens is 210 g/mol. The van der Waals surface area contributed by atoms with Crippen molar-refractivity contribution in [1.29, 1.82) is 0 Å². The summed E-state index contributed by atoms with van der Waals surface area (Å²) in [6, 6.07) is 0.536. The fourth-order valence-corrected chi connectivity index (χ4v) is 2.52. The highest BCUT2D eigenvalue weighted by Gasteiger charge is 2.28. The average Bonchev–Trinajstić information content (AvgIpc) is 2.70. The van der Waals surface area contributed by atoms with Gasteiger partial charge in [-0.2, -0.15) is 5.10 Å². The quantitative estimate of drug-likeness (QED) is 0.787. The molecule has 1 aromatic rings. The lowest BCUT2D eigenvalue weighted by Crippen LogP contribution is -2.32. The number of aryl methyl sites for hydroxylation is 1. The van der Waals surface area contributed by atoms with E-state index in [2.05, 4.69) is 41.3 Å². The second-order valence-electron chi connectivity index (χ2n) is 5.16. The van der Waals surface area contributed by atoms with E-state index in [1.165, 1.54) is 31.2 Å². The monoisotopic (exact) mass is 235 g/mol. The molecule has 2 rings (SSSR count). The van der Waals surface area contributed by atoms with Crippen LogP contribution in [0.25, 0.3) is 0 Å². The van der Waals surface area contributed by atoms with Crippen molar-refractivity contribution in [3.05, 3.63) is 18.0 Å². The molecule has 96 valence electrons. The molecule has 1 aliphatic carbocycles. The van der Waals surface area contributed by atoms with Crippen LogP contribution in [0, 0.1) is 5.92 Å². The first-order valence-electron chi connectivity index (χ1n) is 7.10. The molecular formula is C14H25N3. The Kier molecular flexibility index (Phi) is 4.60. The highest BCUT2D eigenvalue weighted by molar-refractivity contribution is 5.13. The van der Waals surface area contributed by atoms with Crippen molar-refractivity contribution in [3.8, 4) is 0 Å². The van der Waals surface area contributed by atoms with Crippen LogP contribution in [0.3, 0.4) is 0 Å². The average molecular weight is 235 g/mol. The van der Waals surface area contributed by atoms with E-state index < -0.39 is 0 Å². The van der Waals surface area contributed by atoms with Gasteiger partial charge in [-0.3, -0.25) is 4.68 Å². The van der Waals surface area contributed by atoms with E-state index in [0.717, 1.165) is 25.4 Å². The van der Waals surface area contributed by atoms with Crippen LogP contribution in [-0.2, 0) is 6.54 Å². The molecule has 1 heterocycles. The molecule has 1 atom stereocenters. The third-order valence-electron chi connectivity index (χ3n) is 3.70. The zero-order valence-corrected chi connectivity index (χ0v) is 11.2. The number of hydrogen-bond donors (Lipinski definition) is 1. The smallest absolute Gasteiger partial charge is 0.0537 e. The second-order valence-corrected chi connectivity index (χ2v) is 5.16. The van der Waals surface area contributed by atoms with Crippen LogP contribution in [0.5, 0.6) is 0 Å². The van der Waals surface area contributed by atoms with Crippen molar-refractivity contribution >= 4 is 0 Å². The van der Waals surface area contributed by atoms with Gasteiger partial charge in [-0.1, -0.05) is 20.3 Å². The lowest BCUT2D eigenvalue weighted by atomic mass is 9.78. The third kappa shape index (κ3) is 3.09. The Morgan fingerprint density at radius 3 is 2.82 bits per heavy atom. The summed E-state index contributed by atoms with van der Waals surface area (Å²) in [7, 11) is 0. The molecule has 1 aliphatic rings. The molecule has 0 aliphatic heterocycles. The van der Waals surface area contributed by atoms with Gasteiger partial charge in [0.15, 0.2) is 0 Å². The topological polar surface area (TPSA) is 29.9 Å². The molecule has 0 saturated heterocycles. The number of hydrogen-bond acceptors (Lipinski definition) is 2. The lowest BCUT2D eigenvalue weighted by Gasteiger charge is -2.34. The predicted octanol–water partition coefficient (Wildman–Crippen LogP) is 3.13. The number of nitrogens with zero attached hydrogens (tertiary/aromatic N) is 2. The first kappa shape index (κ1) is 12.6. The van der Waals surface area contributed by atoms with E-state index in [1.807, 2.05) is 0 Å². The Labute approximate surface area is 105 Å². The molecule has 0 bridgehead atoms. The number of nitrogens with one attached hydrogen (secondary N) is 1. The molecule has 1 N–H and O–H groups in total. The van der Waals surface area contributed by atoms with Crippen LogP contribution in [0.1, 0.15) is 57.6 Å². The summed E-state index contributed by atoms with van der Waals surface area (Å²) >= 11 is 0. The van der Waals surface area contributed by atoms with Crippen LogP contribution in [0.2, 0.25) is 0 Å². The third-order valence-corrected chi connectivity index (χ3v) is 3.70. The number of rotatable bonds is 7.